The van der Waals surface area contributed by atoms with Crippen LogP contribution in [-0.2, 0) is 19.1 Å². The highest BCUT2D eigenvalue weighted by molar-refractivity contribution is 5.82. The monoisotopic (exact) mass is 231 g/mol. The second kappa shape index (κ2) is 9.15. The normalized spacial score (nSPS) is 9.94. The third-order valence-electron chi connectivity index (χ3n) is 1.99. The molecule has 16 heavy (non-hydrogen) atoms. The van der Waals surface area contributed by atoms with Crippen molar-refractivity contribution < 1.29 is 19.1 Å². The number of hydrogen-bond acceptors (Lipinski definition) is 4. The first kappa shape index (κ1) is 14.9. The molecule has 5 nitrogen and oxygen atoms in total. The number of carbonyl (C=O) groups excluding carboxylic acids is 2. The zero-order valence-electron chi connectivity index (χ0n) is 10.3. The van der Waals surface area contributed by atoms with Crippen LogP contribution < -0.4 is 0 Å². The Labute approximate surface area is 96.7 Å². The van der Waals surface area contributed by atoms with Crippen LogP contribution in [0.15, 0.2) is 0 Å². The van der Waals surface area contributed by atoms with Crippen LogP contribution in [0.5, 0.6) is 0 Å². The van der Waals surface area contributed by atoms with Gasteiger partial charge in [0.1, 0.15) is 6.54 Å². The number of amides is 1. The summed E-state index contributed by atoms with van der Waals surface area (Å²) >= 11 is 0. The molecule has 1 amide bonds. The molecule has 0 fully saturated rings. The van der Waals surface area contributed by atoms with E-state index in [4.69, 9.17) is 9.47 Å². The molecule has 94 valence electrons. The van der Waals surface area contributed by atoms with Gasteiger partial charge in [-0.3, -0.25) is 9.59 Å². The second-order valence-electron chi connectivity index (χ2n) is 3.36. The van der Waals surface area contributed by atoms with E-state index in [1.807, 2.05) is 6.92 Å². The summed E-state index contributed by atoms with van der Waals surface area (Å²) in [5.74, 6) is -0.432. The Balaban J connectivity index is 4.13. The Morgan fingerprint density at radius 1 is 1.25 bits per heavy atom. The zero-order valence-corrected chi connectivity index (χ0v) is 10.3. The van der Waals surface area contributed by atoms with Gasteiger partial charge >= 0.3 is 5.97 Å². The van der Waals surface area contributed by atoms with Gasteiger partial charge in [0, 0.05) is 13.7 Å². The fourth-order valence-electron chi connectivity index (χ4n) is 1.27. The smallest absolute Gasteiger partial charge is 0.325 e. The van der Waals surface area contributed by atoms with E-state index in [-0.39, 0.29) is 18.4 Å². The Hall–Kier alpha value is -1.10. The molecule has 0 atom stereocenters. The van der Waals surface area contributed by atoms with Gasteiger partial charge in [-0.15, -0.1) is 0 Å². The Bertz CT molecular complexity index is 218. The summed E-state index contributed by atoms with van der Waals surface area (Å²) in [5.41, 5.74) is 0. The molecule has 0 rings (SSSR count). The lowest BCUT2D eigenvalue weighted by molar-refractivity contribution is -0.149. The van der Waals surface area contributed by atoms with Gasteiger partial charge in [0.05, 0.1) is 19.6 Å². The van der Waals surface area contributed by atoms with Crippen molar-refractivity contribution in [2.45, 2.75) is 26.7 Å². The lowest BCUT2D eigenvalue weighted by Crippen LogP contribution is -2.37. The van der Waals surface area contributed by atoms with Crippen LogP contribution in [0.4, 0.5) is 0 Å². The third-order valence-corrected chi connectivity index (χ3v) is 1.99. The van der Waals surface area contributed by atoms with Crippen molar-refractivity contribution in [1.82, 2.24) is 4.90 Å². The average molecular weight is 231 g/mol. The second-order valence-corrected chi connectivity index (χ2v) is 3.36. The maximum absolute atomic E-state index is 11.7. The first-order chi connectivity index (χ1) is 7.65. The van der Waals surface area contributed by atoms with Gasteiger partial charge in [-0.2, -0.15) is 0 Å². The third kappa shape index (κ3) is 6.40. The molecule has 0 aliphatic heterocycles. The average Bonchev–Trinajstić information content (AvgIpc) is 2.25. The van der Waals surface area contributed by atoms with Crippen molar-refractivity contribution >= 4 is 11.9 Å². The number of methoxy groups -OCH3 is 1. The molecule has 0 aliphatic rings. The van der Waals surface area contributed by atoms with E-state index in [1.165, 1.54) is 4.90 Å². The van der Waals surface area contributed by atoms with Gasteiger partial charge in [-0.25, -0.2) is 0 Å². The molecule has 0 spiro atoms. The van der Waals surface area contributed by atoms with Crippen LogP contribution >= 0.6 is 0 Å². The van der Waals surface area contributed by atoms with Crippen LogP contribution in [0.3, 0.4) is 0 Å². The molecule has 0 radical (unpaired) electrons. The van der Waals surface area contributed by atoms with Crippen molar-refractivity contribution in [2.24, 2.45) is 0 Å². The van der Waals surface area contributed by atoms with Crippen molar-refractivity contribution in [3.05, 3.63) is 0 Å². The summed E-state index contributed by atoms with van der Waals surface area (Å²) in [6.45, 7) is 5.02. The summed E-state index contributed by atoms with van der Waals surface area (Å²) < 4.78 is 9.64. The standard InChI is InChI=1S/C11H21NO4/c1-4-7-12(9-11(14)16-5-2)10(13)6-8-15-3/h4-9H2,1-3H3. The fraction of sp³-hybridized carbons (Fsp3) is 0.818. The molecular weight excluding hydrogens is 210 g/mol. The van der Waals surface area contributed by atoms with E-state index < -0.39 is 0 Å². The highest BCUT2D eigenvalue weighted by Gasteiger charge is 2.16. The van der Waals surface area contributed by atoms with Gasteiger partial charge in [0.15, 0.2) is 0 Å². The van der Waals surface area contributed by atoms with Crippen LogP contribution in [0.1, 0.15) is 26.7 Å². The van der Waals surface area contributed by atoms with Gasteiger partial charge in [-0.05, 0) is 13.3 Å². The van der Waals surface area contributed by atoms with Crippen LogP contribution in [-0.4, -0.2) is 50.2 Å². The van der Waals surface area contributed by atoms with Crippen molar-refractivity contribution in [2.75, 3.05) is 33.4 Å². The first-order valence-corrected chi connectivity index (χ1v) is 5.58. The van der Waals surface area contributed by atoms with E-state index in [9.17, 15) is 9.59 Å². The number of nitrogens with zero attached hydrogens (tertiary/aromatic N) is 1. The molecule has 5 heteroatoms. The summed E-state index contributed by atoms with van der Waals surface area (Å²) in [6.07, 6.45) is 1.12. The van der Waals surface area contributed by atoms with E-state index in [0.29, 0.717) is 26.2 Å². The summed E-state index contributed by atoms with van der Waals surface area (Å²) in [7, 11) is 1.54. The van der Waals surface area contributed by atoms with Crippen LogP contribution in [0, 0.1) is 0 Å². The Morgan fingerprint density at radius 2 is 1.94 bits per heavy atom. The van der Waals surface area contributed by atoms with Crippen molar-refractivity contribution in [3.63, 3.8) is 0 Å². The highest BCUT2D eigenvalue weighted by Crippen LogP contribution is 1.98. The number of ether oxygens (including phenoxy) is 2. The van der Waals surface area contributed by atoms with Crippen LogP contribution in [0.25, 0.3) is 0 Å². The molecular formula is C11H21NO4. The van der Waals surface area contributed by atoms with E-state index >= 15 is 0 Å². The maximum atomic E-state index is 11.7. The summed E-state index contributed by atoms with van der Waals surface area (Å²) in [6, 6.07) is 0. The summed E-state index contributed by atoms with van der Waals surface area (Å²) in [5, 5.41) is 0. The molecule has 0 aromatic rings. The van der Waals surface area contributed by atoms with Crippen LogP contribution in [0.2, 0.25) is 0 Å². The number of esters is 1. The minimum atomic E-state index is -0.360. The molecule has 0 saturated carbocycles. The molecule has 0 bridgehead atoms. The predicted octanol–water partition coefficient (Wildman–Crippen LogP) is 0.825. The number of hydrogen-bond donors (Lipinski definition) is 0. The minimum Gasteiger partial charge on any atom is -0.465 e. The van der Waals surface area contributed by atoms with Crippen molar-refractivity contribution in [1.29, 1.82) is 0 Å². The number of rotatable bonds is 8. The Morgan fingerprint density at radius 3 is 2.44 bits per heavy atom. The van der Waals surface area contributed by atoms with E-state index in [2.05, 4.69) is 0 Å². The number of carbonyl (C=O) groups is 2. The Kier molecular flexibility index (Phi) is 8.52. The lowest BCUT2D eigenvalue weighted by Gasteiger charge is -2.20. The van der Waals surface area contributed by atoms with Gasteiger partial charge in [-0.1, -0.05) is 6.92 Å². The molecule has 0 heterocycles. The lowest BCUT2D eigenvalue weighted by atomic mass is 10.3. The van der Waals surface area contributed by atoms with Gasteiger partial charge in [0.2, 0.25) is 5.91 Å². The summed E-state index contributed by atoms with van der Waals surface area (Å²) in [4.78, 5) is 24.4. The molecule has 0 aliphatic carbocycles. The SMILES string of the molecule is CCCN(CC(=O)OCC)C(=O)CCOC. The zero-order chi connectivity index (χ0) is 12.4. The van der Waals surface area contributed by atoms with E-state index in [0.717, 1.165) is 6.42 Å². The quantitative estimate of drug-likeness (QED) is 0.580. The maximum Gasteiger partial charge on any atom is 0.325 e. The minimum absolute atomic E-state index is 0.0320. The fourth-order valence-corrected chi connectivity index (χ4v) is 1.27. The molecule has 0 N–H and O–H groups in total. The van der Waals surface area contributed by atoms with Crippen molar-refractivity contribution in [3.8, 4) is 0 Å². The van der Waals surface area contributed by atoms with Gasteiger partial charge < -0.3 is 14.4 Å². The van der Waals surface area contributed by atoms with E-state index in [1.54, 1.807) is 14.0 Å². The molecule has 0 aromatic carbocycles. The predicted molar refractivity (Wildman–Crippen MR) is 60.0 cm³/mol. The first-order valence-electron chi connectivity index (χ1n) is 5.58. The molecule has 0 unspecified atom stereocenters. The highest BCUT2D eigenvalue weighted by atomic mass is 16.5. The van der Waals surface area contributed by atoms with Gasteiger partial charge in [0.25, 0.3) is 0 Å². The molecule has 0 aromatic heterocycles. The molecule has 0 saturated heterocycles. The topological polar surface area (TPSA) is 55.8 Å². The largest absolute Gasteiger partial charge is 0.465 e.